The van der Waals surface area contributed by atoms with Crippen LogP contribution in [0.4, 0.5) is 0 Å². The molecule has 0 saturated heterocycles. The fourth-order valence-electron chi connectivity index (χ4n) is 3.85. The predicted octanol–water partition coefficient (Wildman–Crippen LogP) is 2.82. The van der Waals surface area contributed by atoms with E-state index in [1.807, 2.05) is 18.2 Å². The van der Waals surface area contributed by atoms with Crippen LogP contribution in [0.3, 0.4) is 0 Å². The maximum Gasteiger partial charge on any atom is 0.253 e. The molecule has 0 atom stereocenters. The number of nitrogens with zero attached hydrogens (tertiary/aromatic N) is 3. The first-order valence-electron chi connectivity index (χ1n) is 9.04. The van der Waals surface area contributed by atoms with Crippen LogP contribution < -0.4 is 5.32 Å². The van der Waals surface area contributed by atoms with Crippen molar-refractivity contribution in [3.63, 3.8) is 0 Å². The summed E-state index contributed by atoms with van der Waals surface area (Å²) in [7, 11) is 0. The molecule has 5 rings (SSSR count). The smallest absolute Gasteiger partial charge is 0.253 e. The zero-order valence-corrected chi connectivity index (χ0v) is 14.5. The summed E-state index contributed by atoms with van der Waals surface area (Å²) in [4.78, 5) is 19.5. The van der Waals surface area contributed by atoms with Crippen LogP contribution >= 0.6 is 0 Å². The van der Waals surface area contributed by atoms with Gasteiger partial charge in [-0.15, -0.1) is 0 Å². The fourth-order valence-corrected chi connectivity index (χ4v) is 3.85. The van der Waals surface area contributed by atoms with Crippen LogP contribution in [0.15, 0.2) is 54.6 Å². The molecular weight excluding hydrogens is 324 g/mol. The molecule has 1 aromatic heterocycles. The van der Waals surface area contributed by atoms with Crippen LogP contribution in [0.25, 0.3) is 22.4 Å². The van der Waals surface area contributed by atoms with Crippen molar-refractivity contribution in [3.8, 4) is 11.4 Å². The number of hydrogen-bond acceptors (Lipinski definition) is 3. The summed E-state index contributed by atoms with van der Waals surface area (Å²) in [5.74, 6) is 0.911. The first-order valence-corrected chi connectivity index (χ1v) is 9.04. The molecule has 0 spiro atoms. The Kier molecular flexibility index (Phi) is 3.60. The minimum absolute atomic E-state index is 0.0182. The number of imidazole rings is 1. The largest absolute Gasteiger partial charge is 0.350 e. The summed E-state index contributed by atoms with van der Waals surface area (Å²) >= 11 is 0. The van der Waals surface area contributed by atoms with Crippen molar-refractivity contribution in [1.82, 2.24) is 19.8 Å². The number of rotatable bonds is 3. The third-order valence-electron chi connectivity index (χ3n) is 5.14. The zero-order chi connectivity index (χ0) is 17.5. The molecule has 3 aromatic rings. The molecule has 3 heterocycles. The number of nitrogens with one attached hydrogen (secondary N) is 1. The lowest BCUT2D eigenvalue weighted by molar-refractivity contribution is 0.0956. The highest BCUT2D eigenvalue weighted by atomic mass is 16.1. The predicted molar refractivity (Wildman–Crippen MR) is 102 cm³/mol. The minimum Gasteiger partial charge on any atom is -0.350 e. The van der Waals surface area contributed by atoms with Gasteiger partial charge in [0, 0.05) is 38.3 Å². The Morgan fingerprint density at radius 3 is 2.65 bits per heavy atom. The molecule has 5 nitrogen and oxygen atoms in total. The zero-order valence-electron chi connectivity index (χ0n) is 14.5. The average molecular weight is 344 g/mol. The lowest BCUT2D eigenvalue weighted by Crippen LogP contribution is -2.24. The summed E-state index contributed by atoms with van der Waals surface area (Å²) < 4.78 is 2.17. The van der Waals surface area contributed by atoms with Gasteiger partial charge < -0.3 is 9.88 Å². The number of para-hydroxylation sites is 1. The SMILES string of the molecule is O=C1NCCn2c(-c3ccc(CN4CC=CC4)cc3)nc3cccc1c32. The Balaban J connectivity index is 1.53. The molecule has 0 saturated carbocycles. The van der Waals surface area contributed by atoms with E-state index in [1.165, 1.54) is 5.56 Å². The first-order chi connectivity index (χ1) is 12.8. The Hall–Kier alpha value is -2.92. The normalized spacial score (nSPS) is 16.8. The topological polar surface area (TPSA) is 50.2 Å². The third kappa shape index (κ3) is 2.52. The lowest BCUT2D eigenvalue weighted by atomic mass is 10.1. The number of amides is 1. The average Bonchev–Trinajstić information content (AvgIpc) is 3.26. The molecule has 0 radical (unpaired) electrons. The van der Waals surface area contributed by atoms with Crippen molar-refractivity contribution >= 4 is 16.9 Å². The van der Waals surface area contributed by atoms with Crippen LogP contribution in [0, 0.1) is 0 Å². The monoisotopic (exact) mass is 344 g/mol. The molecule has 5 heteroatoms. The summed E-state index contributed by atoms with van der Waals surface area (Å²) in [6, 6.07) is 14.4. The molecule has 0 unspecified atom stereocenters. The summed E-state index contributed by atoms with van der Waals surface area (Å²) in [6.07, 6.45) is 4.43. The summed E-state index contributed by atoms with van der Waals surface area (Å²) in [5, 5.41) is 2.97. The van der Waals surface area contributed by atoms with Crippen molar-refractivity contribution in [2.75, 3.05) is 19.6 Å². The maximum absolute atomic E-state index is 12.3. The highest BCUT2D eigenvalue weighted by molar-refractivity contribution is 6.06. The van der Waals surface area contributed by atoms with Crippen molar-refractivity contribution in [3.05, 3.63) is 65.7 Å². The van der Waals surface area contributed by atoms with Crippen LogP contribution in [-0.2, 0) is 13.1 Å². The van der Waals surface area contributed by atoms with Gasteiger partial charge in [-0.2, -0.15) is 0 Å². The third-order valence-corrected chi connectivity index (χ3v) is 5.14. The fraction of sp³-hybridized carbons (Fsp3) is 0.238. The molecule has 1 amide bonds. The van der Waals surface area contributed by atoms with E-state index < -0.39 is 0 Å². The van der Waals surface area contributed by atoms with E-state index in [1.54, 1.807) is 0 Å². The second-order valence-electron chi connectivity index (χ2n) is 6.88. The van der Waals surface area contributed by atoms with E-state index in [0.717, 1.165) is 48.6 Å². The summed E-state index contributed by atoms with van der Waals surface area (Å²) in [6.45, 7) is 4.37. The quantitative estimate of drug-likeness (QED) is 0.744. The van der Waals surface area contributed by atoms with Crippen molar-refractivity contribution in [2.45, 2.75) is 13.1 Å². The van der Waals surface area contributed by atoms with Crippen molar-refractivity contribution < 1.29 is 4.79 Å². The van der Waals surface area contributed by atoms with E-state index >= 15 is 0 Å². The highest BCUT2D eigenvalue weighted by Crippen LogP contribution is 2.28. The molecule has 2 aliphatic rings. The standard InChI is InChI=1S/C21H20N4O/c26-21-17-4-3-5-18-19(17)25(13-10-22-21)20(23-18)16-8-6-15(7-9-16)14-24-11-1-2-12-24/h1-9H,10-14H2,(H,22,26). The Bertz CT molecular complexity index is 1010. The van der Waals surface area contributed by atoms with Gasteiger partial charge in [-0.25, -0.2) is 4.98 Å². The molecular formula is C21H20N4O. The van der Waals surface area contributed by atoms with Gasteiger partial charge in [0.25, 0.3) is 5.91 Å². The van der Waals surface area contributed by atoms with Gasteiger partial charge in [-0.1, -0.05) is 42.5 Å². The number of aromatic nitrogens is 2. The molecule has 2 aliphatic heterocycles. The molecule has 0 fully saturated rings. The Morgan fingerprint density at radius 1 is 1.04 bits per heavy atom. The molecule has 1 N–H and O–H groups in total. The van der Waals surface area contributed by atoms with Gasteiger partial charge in [0.2, 0.25) is 0 Å². The van der Waals surface area contributed by atoms with Gasteiger partial charge in [0.05, 0.1) is 16.6 Å². The van der Waals surface area contributed by atoms with Gasteiger partial charge in [-0.05, 0) is 17.7 Å². The number of carbonyl (C=O) groups is 1. The molecule has 0 bridgehead atoms. The maximum atomic E-state index is 12.3. The van der Waals surface area contributed by atoms with E-state index in [0.29, 0.717) is 12.1 Å². The van der Waals surface area contributed by atoms with Crippen LogP contribution in [0.1, 0.15) is 15.9 Å². The van der Waals surface area contributed by atoms with Gasteiger partial charge in [0.15, 0.2) is 0 Å². The highest BCUT2D eigenvalue weighted by Gasteiger charge is 2.21. The molecule has 130 valence electrons. The second-order valence-corrected chi connectivity index (χ2v) is 6.88. The van der Waals surface area contributed by atoms with Crippen LogP contribution in [0.5, 0.6) is 0 Å². The van der Waals surface area contributed by atoms with Gasteiger partial charge in [0.1, 0.15) is 5.82 Å². The van der Waals surface area contributed by atoms with Gasteiger partial charge >= 0.3 is 0 Å². The number of benzene rings is 2. The Morgan fingerprint density at radius 2 is 1.85 bits per heavy atom. The Labute approximate surface area is 151 Å². The van der Waals surface area contributed by atoms with E-state index in [9.17, 15) is 4.79 Å². The summed E-state index contributed by atoms with van der Waals surface area (Å²) in [5.41, 5.74) is 4.91. The lowest BCUT2D eigenvalue weighted by Gasteiger charge is -2.15. The van der Waals surface area contributed by atoms with Crippen LogP contribution in [-0.4, -0.2) is 40.0 Å². The number of hydrogen-bond donors (Lipinski definition) is 1. The van der Waals surface area contributed by atoms with Crippen molar-refractivity contribution in [2.24, 2.45) is 0 Å². The minimum atomic E-state index is -0.0182. The van der Waals surface area contributed by atoms with E-state index in [-0.39, 0.29) is 5.91 Å². The molecule has 0 aliphatic carbocycles. The molecule has 26 heavy (non-hydrogen) atoms. The van der Waals surface area contributed by atoms with E-state index in [4.69, 9.17) is 4.98 Å². The van der Waals surface area contributed by atoms with Crippen molar-refractivity contribution in [1.29, 1.82) is 0 Å². The molecule has 2 aromatic carbocycles. The first kappa shape index (κ1) is 15.3. The van der Waals surface area contributed by atoms with Crippen LogP contribution in [0.2, 0.25) is 0 Å². The number of carbonyl (C=O) groups excluding carboxylic acids is 1. The van der Waals surface area contributed by atoms with E-state index in [2.05, 4.69) is 51.2 Å². The van der Waals surface area contributed by atoms with Gasteiger partial charge in [-0.3, -0.25) is 9.69 Å². The second kappa shape index (κ2) is 6.11.